The first-order valence-electron chi connectivity index (χ1n) is 7.14. The van der Waals surface area contributed by atoms with Crippen molar-refractivity contribution in [1.82, 2.24) is 9.78 Å². The Morgan fingerprint density at radius 3 is 2.54 bits per heavy atom. The van der Waals surface area contributed by atoms with Crippen molar-refractivity contribution in [2.24, 2.45) is 7.05 Å². The number of aryl methyl sites for hydroxylation is 1. The number of aromatic nitrogens is 2. The number of para-hydroxylation sites is 1. The molecule has 3 rings (SSSR count). The van der Waals surface area contributed by atoms with Crippen LogP contribution in [-0.4, -0.2) is 15.8 Å². The summed E-state index contributed by atoms with van der Waals surface area (Å²) in [5, 5.41) is 9.12. The molecule has 122 valence electrons. The highest BCUT2D eigenvalue weighted by Gasteiger charge is 2.11. The summed E-state index contributed by atoms with van der Waals surface area (Å²) in [6.45, 7) is 0. The van der Waals surface area contributed by atoms with E-state index in [0.717, 1.165) is 23.3 Å². The number of halogens is 2. The quantitative estimate of drug-likeness (QED) is 0.763. The molecule has 3 aromatic rings. The maximum atomic E-state index is 13.6. The minimum absolute atomic E-state index is 0.104. The summed E-state index contributed by atoms with van der Waals surface area (Å²) in [6, 6.07) is 9.49. The maximum absolute atomic E-state index is 13.6. The zero-order valence-electron chi connectivity index (χ0n) is 12.8. The number of carbonyl (C=O) groups is 1. The van der Waals surface area contributed by atoms with E-state index in [1.807, 2.05) is 18.3 Å². The average Bonchev–Trinajstić information content (AvgIpc) is 2.97. The van der Waals surface area contributed by atoms with Gasteiger partial charge in [0.2, 0.25) is 0 Å². The van der Waals surface area contributed by atoms with Crippen LogP contribution in [0.5, 0.6) is 0 Å². The van der Waals surface area contributed by atoms with E-state index in [4.69, 9.17) is 0 Å². The van der Waals surface area contributed by atoms with Crippen molar-refractivity contribution < 1.29 is 13.6 Å². The number of urea groups is 1. The Labute approximate surface area is 136 Å². The van der Waals surface area contributed by atoms with Gasteiger partial charge in [-0.05, 0) is 18.2 Å². The van der Waals surface area contributed by atoms with Gasteiger partial charge in [-0.25, -0.2) is 13.6 Å². The second-order valence-corrected chi connectivity index (χ2v) is 5.15. The van der Waals surface area contributed by atoms with E-state index in [0.29, 0.717) is 11.8 Å². The molecule has 0 aliphatic heterocycles. The van der Waals surface area contributed by atoms with Crippen molar-refractivity contribution in [2.75, 3.05) is 10.6 Å². The topological polar surface area (TPSA) is 59.0 Å². The fraction of sp³-hybridized carbons (Fsp3) is 0.0588. The highest BCUT2D eigenvalue weighted by molar-refractivity contribution is 6.02. The first-order chi connectivity index (χ1) is 11.5. The number of amides is 2. The first-order valence-corrected chi connectivity index (χ1v) is 7.14. The standard InChI is InChI=1S/C17H14F2N4O/c1-23-10-11(9-20-23)13-4-2-3-5-15(13)21-17(24)22-16-7-6-12(18)8-14(16)19/h2-10H,1H3,(H2,21,22,24). The number of nitrogens with zero attached hydrogens (tertiary/aromatic N) is 2. The largest absolute Gasteiger partial charge is 0.323 e. The van der Waals surface area contributed by atoms with Gasteiger partial charge in [-0.1, -0.05) is 18.2 Å². The zero-order valence-corrected chi connectivity index (χ0v) is 12.8. The molecule has 0 unspecified atom stereocenters. The first kappa shape index (κ1) is 15.7. The molecular formula is C17H14F2N4O. The molecule has 0 saturated heterocycles. The smallest absolute Gasteiger partial charge is 0.307 e. The van der Waals surface area contributed by atoms with Gasteiger partial charge in [0.05, 0.1) is 17.6 Å². The van der Waals surface area contributed by atoms with Crippen molar-refractivity contribution in [3.8, 4) is 11.1 Å². The van der Waals surface area contributed by atoms with Crippen LogP contribution in [0.3, 0.4) is 0 Å². The molecule has 2 amide bonds. The lowest BCUT2D eigenvalue weighted by Crippen LogP contribution is -2.20. The minimum Gasteiger partial charge on any atom is -0.307 e. The second kappa shape index (κ2) is 6.49. The summed E-state index contributed by atoms with van der Waals surface area (Å²) in [4.78, 5) is 12.1. The molecule has 2 aromatic carbocycles. The third-order valence-electron chi connectivity index (χ3n) is 3.37. The molecule has 5 nitrogen and oxygen atoms in total. The second-order valence-electron chi connectivity index (χ2n) is 5.15. The fourth-order valence-electron chi connectivity index (χ4n) is 2.27. The van der Waals surface area contributed by atoms with E-state index in [-0.39, 0.29) is 5.69 Å². The third-order valence-corrected chi connectivity index (χ3v) is 3.37. The van der Waals surface area contributed by atoms with Gasteiger partial charge in [-0.15, -0.1) is 0 Å². The molecule has 0 fully saturated rings. The Morgan fingerprint density at radius 2 is 1.83 bits per heavy atom. The number of anilines is 2. The van der Waals surface area contributed by atoms with Gasteiger partial charge >= 0.3 is 6.03 Å². The Balaban J connectivity index is 1.80. The summed E-state index contributed by atoms with van der Waals surface area (Å²) < 4.78 is 28.2. The summed E-state index contributed by atoms with van der Waals surface area (Å²) >= 11 is 0. The van der Waals surface area contributed by atoms with Crippen LogP contribution in [0.15, 0.2) is 54.9 Å². The van der Waals surface area contributed by atoms with Crippen LogP contribution in [0, 0.1) is 11.6 Å². The highest BCUT2D eigenvalue weighted by atomic mass is 19.1. The van der Waals surface area contributed by atoms with Crippen molar-refractivity contribution in [3.05, 3.63) is 66.5 Å². The van der Waals surface area contributed by atoms with Gasteiger partial charge in [-0.2, -0.15) is 5.10 Å². The number of hydrogen-bond donors (Lipinski definition) is 2. The number of benzene rings is 2. The average molecular weight is 328 g/mol. The van der Waals surface area contributed by atoms with Crippen molar-refractivity contribution in [1.29, 1.82) is 0 Å². The Hall–Kier alpha value is -3.22. The lowest BCUT2D eigenvalue weighted by atomic mass is 10.1. The zero-order chi connectivity index (χ0) is 17.1. The molecule has 7 heteroatoms. The lowest BCUT2D eigenvalue weighted by molar-refractivity contribution is 0.262. The monoisotopic (exact) mass is 328 g/mol. The molecule has 1 aromatic heterocycles. The molecule has 0 atom stereocenters. The van der Waals surface area contributed by atoms with Gasteiger partial charge in [-0.3, -0.25) is 4.68 Å². The molecule has 0 bridgehead atoms. The fourth-order valence-corrected chi connectivity index (χ4v) is 2.27. The van der Waals surface area contributed by atoms with Gasteiger partial charge in [0.15, 0.2) is 0 Å². The van der Waals surface area contributed by atoms with Gasteiger partial charge in [0, 0.05) is 30.4 Å². The molecular weight excluding hydrogens is 314 g/mol. The third kappa shape index (κ3) is 3.40. The van der Waals surface area contributed by atoms with Crippen LogP contribution in [0.2, 0.25) is 0 Å². The SMILES string of the molecule is Cn1cc(-c2ccccc2NC(=O)Nc2ccc(F)cc2F)cn1. The van der Waals surface area contributed by atoms with Gasteiger partial charge in [0.1, 0.15) is 11.6 Å². The summed E-state index contributed by atoms with van der Waals surface area (Å²) in [5.41, 5.74) is 2.06. The number of carbonyl (C=O) groups excluding carboxylic acids is 1. The predicted molar refractivity (Wildman–Crippen MR) is 87.6 cm³/mol. The molecule has 0 saturated carbocycles. The lowest BCUT2D eigenvalue weighted by Gasteiger charge is -2.11. The predicted octanol–water partition coefficient (Wildman–Crippen LogP) is 4.01. The number of hydrogen-bond acceptors (Lipinski definition) is 2. The Morgan fingerprint density at radius 1 is 1.08 bits per heavy atom. The van der Waals surface area contributed by atoms with E-state index in [2.05, 4.69) is 15.7 Å². The van der Waals surface area contributed by atoms with Crippen LogP contribution in [0.25, 0.3) is 11.1 Å². The summed E-state index contributed by atoms with van der Waals surface area (Å²) in [6.07, 6.45) is 3.50. The van der Waals surface area contributed by atoms with Crippen LogP contribution < -0.4 is 10.6 Å². The van der Waals surface area contributed by atoms with E-state index < -0.39 is 17.7 Å². The van der Waals surface area contributed by atoms with E-state index in [1.165, 1.54) is 0 Å². The summed E-state index contributed by atoms with van der Waals surface area (Å²) in [5.74, 6) is -1.55. The van der Waals surface area contributed by atoms with Crippen molar-refractivity contribution in [2.45, 2.75) is 0 Å². The maximum Gasteiger partial charge on any atom is 0.323 e. The Bertz CT molecular complexity index is 892. The normalized spacial score (nSPS) is 10.5. The summed E-state index contributed by atoms with van der Waals surface area (Å²) in [7, 11) is 1.80. The number of nitrogens with one attached hydrogen (secondary N) is 2. The van der Waals surface area contributed by atoms with Crippen LogP contribution in [-0.2, 0) is 7.05 Å². The van der Waals surface area contributed by atoms with Gasteiger partial charge in [0.25, 0.3) is 0 Å². The van der Waals surface area contributed by atoms with Crippen LogP contribution >= 0.6 is 0 Å². The van der Waals surface area contributed by atoms with Gasteiger partial charge < -0.3 is 10.6 Å². The molecule has 0 aliphatic rings. The number of rotatable bonds is 3. The van der Waals surface area contributed by atoms with E-state index in [1.54, 1.807) is 30.1 Å². The molecule has 2 N–H and O–H groups in total. The minimum atomic E-state index is -0.842. The van der Waals surface area contributed by atoms with Crippen molar-refractivity contribution >= 4 is 17.4 Å². The van der Waals surface area contributed by atoms with Crippen molar-refractivity contribution in [3.63, 3.8) is 0 Å². The van der Waals surface area contributed by atoms with E-state index >= 15 is 0 Å². The van der Waals surface area contributed by atoms with E-state index in [9.17, 15) is 13.6 Å². The Kier molecular flexibility index (Phi) is 4.24. The highest BCUT2D eigenvalue weighted by Crippen LogP contribution is 2.27. The molecule has 0 aliphatic carbocycles. The molecule has 24 heavy (non-hydrogen) atoms. The van der Waals surface area contributed by atoms with Crippen LogP contribution in [0.4, 0.5) is 25.0 Å². The molecule has 0 radical (unpaired) electrons. The van der Waals surface area contributed by atoms with Crippen LogP contribution in [0.1, 0.15) is 0 Å². The molecule has 1 heterocycles. The molecule has 0 spiro atoms.